The van der Waals surface area contributed by atoms with Crippen LogP contribution in [0, 0.1) is 12.8 Å². The van der Waals surface area contributed by atoms with Gasteiger partial charge in [-0.25, -0.2) is 4.79 Å². The van der Waals surface area contributed by atoms with E-state index >= 15 is 0 Å². The minimum atomic E-state index is -0.958. The van der Waals surface area contributed by atoms with Gasteiger partial charge in [-0.15, -0.1) is 0 Å². The summed E-state index contributed by atoms with van der Waals surface area (Å²) < 4.78 is 0. The molecule has 0 aliphatic carbocycles. The number of hydrogen-bond donors (Lipinski definition) is 2. The van der Waals surface area contributed by atoms with Crippen LogP contribution in [0.25, 0.3) is 0 Å². The second-order valence-electron chi connectivity index (χ2n) is 4.43. The highest BCUT2D eigenvalue weighted by Crippen LogP contribution is 2.27. The lowest BCUT2D eigenvalue weighted by Gasteiger charge is -2.20. The van der Waals surface area contributed by atoms with Crippen molar-refractivity contribution in [3.05, 3.63) is 23.5 Å². The summed E-state index contributed by atoms with van der Waals surface area (Å²) in [6, 6.07) is 1.79. The number of aromatic nitrogens is 1. The van der Waals surface area contributed by atoms with Gasteiger partial charge < -0.3 is 15.1 Å². The fourth-order valence-corrected chi connectivity index (χ4v) is 2.17. The van der Waals surface area contributed by atoms with Crippen LogP contribution in [-0.4, -0.2) is 40.9 Å². The third-order valence-electron chi connectivity index (χ3n) is 3.13. The van der Waals surface area contributed by atoms with E-state index in [1.807, 2.05) is 11.8 Å². The minimum absolute atomic E-state index is 0.156. The number of aryl methyl sites for hydroxylation is 1. The van der Waals surface area contributed by atoms with Gasteiger partial charge in [0.25, 0.3) is 0 Å². The number of pyridine rings is 1. The average Bonchev–Trinajstić information content (AvgIpc) is 2.76. The smallest absolute Gasteiger partial charge is 0.339 e. The van der Waals surface area contributed by atoms with Crippen molar-refractivity contribution < 1.29 is 15.0 Å². The van der Waals surface area contributed by atoms with Gasteiger partial charge in [-0.1, -0.05) is 0 Å². The maximum atomic E-state index is 11.1. The van der Waals surface area contributed by atoms with E-state index in [0.29, 0.717) is 12.2 Å². The first-order valence-corrected chi connectivity index (χ1v) is 5.67. The maximum Gasteiger partial charge on any atom is 0.339 e. The Morgan fingerprint density at radius 2 is 2.41 bits per heavy atom. The number of carboxylic acid groups (broad SMARTS) is 1. The summed E-state index contributed by atoms with van der Waals surface area (Å²) in [6.45, 7) is 3.49. The molecule has 1 aromatic heterocycles. The molecule has 2 rings (SSSR count). The summed E-state index contributed by atoms with van der Waals surface area (Å²) in [5, 5.41) is 18.2. The Kier molecular flexibility index (Phi) is 3.28. The maximum absolute atomic E-state index is 11.1. The number of hydrogen-bond acceptors (Lipinski definition) is 4. The molecule has 0 spiro atoms. The Balaban J connectivity index is 2.31. The third kappa shape index (κ3) is 2.39. The molecule has 1 aliphatic rings. The molecule has 17 heavy (non-hydrogen) atoms. The summed E-state index contributed by atoms with van der Waals surface area (Å²) in [6.07, 6.45) is 2.30. The number of aromatic carboxylic acids is 1. The van der Waals surface area contributed by atoms with E-state index in [4.69, 9.17) is 10.2 Å². The van der Waals surface area contributed by atoms with Crippen LogP contribution in [0.4, 0.5) is 5.69 Å². The van der Waals surface area contributed by atoms with Crippen LogP contribution in [0.3, 0.4) is 0 Å². The molecule has 2 N–H and O–H groups in total. The molecule has 0 aromatic carbocycles. The molecule has 92 valence electrons. The second kappa shape index (κ2) is 4.71. The fourth-order valence-electron chi connectivity index (χ4n) is 2.17. The molecule has 1 atom stereocenters. The van der Waals surface area contributed by atoms with E-state index in [0.717, 1.165) is 18.7 Å². The molecule has 1 aromatic rings. The summed E-state index contributed by atoms with van der Waals surface area (Å²) in [4.78, 5) is 17.2. The first-order chi connectivity index (χ1) is 8.11. The van der Waals surface area contributed by atoms with Crippen molar-refractivity contribution in [1.29, 1.82) is 0 Å². The summed E-state index contributed by atoms with van der Waals surface area (Å²) in [5.41, 5.74) is 1.74. The molecule has 0 radical (unpaired) electrons. The minimum Gasteiger partial charge on any atom is -0.478 e. The zero-order chi connectivity index (χ0) is 12.4. The fraction of sp³-hybridized carbons (Fsp3) is 0.500. The van der Waals surface area contributed by atoms with E-state index in [1.54, 1.807) is 6.07 Å². The highest BCUT2D eigenvalue weighted by atomic mass is 16.4. The normalized spacial score (nSPS) is 19.6. The quantitative estimate of drug-likeness (QED) is 0.816. The van der Waals surface area contributed by atoms with Gasteiger partial charge >= 0.3 is 5.97 Å². The summed E-state index contributed by atoms with van der Waals surface area (Å²) >= 11 is 0. The Morgan fingerprint density at radius 1 is 1.65 bits per heavy atom. The van der Waals surface area contributed by atoms with Crippen LogP contribution >= 0.6 is 0 Å². The highest BCUT2D eigenvalue weighted by Gasteiger charge is 2.25. The summed E-state index contributed by atoms with van der Waals surface area (Å²) in [7, 11) is 0. The first-order valence-electron chi connectivity index (χ1n) is 5.67. The van der Waals surface area contributed by atoms with Crippen LogP contribution in [0.1, 0.15) is 22.5 Å². The molecule has 0 saturated carbocycles. The Hall–Kier alpha value is -1.62. The number of carboxylic acids is 1. The van der Waals surface area contributed by atoms with Crippen LogP contribution in [0.15, 0.2) is 12.3 Å². The molecule has 1 saturated heterocycles. The van der Waals surface area contributed by atoms with Gasteiger partial charge in [0.05, 0.1) is 5.69 Å². The van der Waals surface area contributed by atoms with E-state index in [9.17, 15) is 4.79 Å². The predicted molar refractivity (Wildman–Crippen MR) is 63.3 cm³/mol. The van der Waals surface area contributed by atoms with Gasteiger partial charge in [-0.05, 0) is 19.4 Å². The van der Waals surface area contributed by atoms with Gasteiger partial charge in [0.15, 0.2) is 0 Å². The van der Waals surface area contributed by atoms with Gasteiger partial charge in [0, 0.05) is 37.5 Å². The lowest BCUT2D eigenvalue weighted by molar-refractivity contribution is 0.0697. The molecule has 5 nitrogen and oxygen atoms in total. The number of carbonyl (C=O) groups is 1. The Bertz CT molecular complexity index is 434. The SMILES string of the molecule is Cc1cc(N2CCC(CO)C2)c(C(=O)O)cn1. The zero-order valence-electron chi connectivity index (χ0n) is 9.76. The van der Waals surface area contributed by atoms with Crippen LogP contribution in [0.2, 0.25) is 0 Å². The Labute approximate surface area is 99.7 Å². The third-order valence-corrected chi connectivity index (χ3v) is 3.13. The van der Waals surface area contributed by atoms with Crippen molar-refractivity contribution >= 4 is 11.7 Å². The average molecular weight is 236 g/mol. The van der Waals surface area contributed by atoms with E-state index in [1.165, 1.54) is 6.20 Å². The van der Waals surface area contributed by atoms with Gasteiger partial charge in [-0.2, -0.15) is 0 Å². The number of aliphatic hydroxyl groups excluding tert-OH is 1. The number of rotatable bonds is 3. The first kappa shape index (κ1) is 11.9. The lowest BCUT2D eigenvalue weighted by Crippen LogP contribution is -2.23. The van der Waals surface area contributed by atoms with Crippen LogP contribution < -0.4 is 4.90 Å². The number of anilines is 1. The predicted octanol–water partition coefficient (Wildman–Crippen LogP) is 0.907. The van der Waals surface area contributed by atoms with Crippen molar-refractivity contribution in [1.82, 2.24) is 4.98 Å². The van der Waals surface area contributed by atoms with E-state index in [2.05, 4.69) is 4.98 Å². The molecule has 2 heterocycles. The van der Waals surface area contributed by atoms with Crippen molar-refractivity contribution in [2.24, 2.45) is 5.92 Å². The zero-order valence-corrected chi connectivity index (χ0v) is 9.76. The number of nitrogens with zero attached hydrogens (tertiary/aromatic N) is 2. The standard InChI is InChI=1S/C12H16N2O3/c1-8-4-11(10(5-13-8)12(16)17)14-3-2-9(6-14)7-15/h4-5,9,15H,2-3,6-7H2,1H3,(H,16,17). The largest absolute Gasteiger partial charge is 0.478 e. The molecule has 0 bridgehead atoms. The number of aliphatic hydroxyl groups is 1. The van der Waals surface area contributed by atoms with Gasteiger partial charge in [0.1, 0.15) is 5.56 Å². The van der Waals surface area contributed by atoms with E-state index < -0.39 is 5.97 Å². The molecule has 1 fully saturated rings. The molecule has 1 unspecified atom stereocenters. The van der Waals surface area contributed by atoms with Crippen molar-refractivity contribution in [3.8, 4) is 0 Å². The molecule has 0 amide bonds. The van der Waals surface area contributed by atoms with Crippen molar-refractivity contribution in [3.63, 3.8) is 0 Å². The van der Waals surface area contributed by atoms with Crippen molar-refractivity contribution in [2.75, 3.05) is 24.6 Å². The lowest BCUT2D eigenvalue weighted by atomic mass is 10.1. The molecular formula is C12H16N2O3. The monoisotopic (exact) mass is 236 g/mol. The molecule has 5 heteroatoms. The van der Waals surface area contributed by atoms with Crippen molar-refractivity contribution in [2.45, 2.75) is 13.3 Å². The van der Waals surface area contributed by atoms with E-state index in [-0.39, 0.29) is 18.1 Å². The second-order valence-corrected chi connectivity index (χ2v) is 4.43. The molecular weight excluding hydrogens is 220 g/mol. The Morgan fingerprint density at radius 3 is 3.00 bits per heavy atom. The van der Waals surface area contributed by atoms with Crippen LogP contribution in [-0.2, 0) is 0 Å². The highest BCUT2D eigenvalue weighted by molar-refractivity contribution is 5.94. The van der Waals surface area contributed by atoms with Gasteiger partial charge in [-0.3, -0.25) is 4.98 Å². The van der Waals surface area contributed by atoms with Gasteiger partial charge in [0.2, 0.25) is 0 Å². The molecule has 1 aliphatic heterocycles. The summed E-state index contributed by atoms with van der Waals surface area (Å²) in [5.74, 6) is -0.718. The topological polar surface area (TPSA) is 73.7 Å². The van der Waals surface area contributed by atoms with Crippen LogP contribution in [0.5, 0.6) is 0 Å².